The van der Waals surface area contributed by atoms with Crippen molar-refractivity contribution in [2.45, 2.75) is 52.7 Å². The van der Waals surface area contributed by atoms with Crippen molar-refractivity contribution >= 4 is 5.91 Å². The third-order valence-corrected chi connectivity index (χ3v) is 4.57. The Bertz CT molecular complexity index is 792. The highest BCUT2D eigenvalue weighted by molar-refractivity contribution is 5.96. The molecule has 1 atom stereocenters. The molecular weight excluding hydrogens is 298 g/mol. The Balaban J connectivity index is 1.92. The third-order valence-electron chi connectivity index (χ3n) is 4.57. The predicted octanol–water partition coefficient (Wildman–Crippen LogP) is 4.64. The van der Waals surface area contributed by atoms with Crippen molar-refractivity contribution in [1.82, 2.24) is 5.32 Å². The van der Waals surface area contributed by atoms with E-state index in [2.05, 4.69) is 38.2 Å². The highest BCUT2D eigenvalue weighted by Crippen LogP contribution is 2.40. The minimum atomic E-state index is -0.305. The average Bonchev–Trinajstić information content (AvgIpc) is 2.48. The van der Waals surface area contributed by atoms with Gasteiger partial charge in [-0.2, -0.15) is 0 Å². The molecule has 0 bridgehead atoms. The molecule has 0 spiro atoms. The Morgan fingerprint density at radius 1 is 1.08 bits per heavy atom. The van der Waals surface area contributed by atoms with Gasteiger partial charge in [0.25, 0.3) is 5.91 Å². The van der Waals surface area contributed by atoms with Crippen LogP contribution in [0.25, 0.3) is 0 Å². The van der Waals surface area contributed by atoms with Crippen molar-refractivity contribution < 1.29 is 9.53 Å². The van der Waals surface area contributed by atoms with E-state index in [9.17, 15) is 4.79 Å². The van der Waals surface area contributed by atoms with Crippen LogP contribution in [0.4, 0.5) is 0 Å². The van der Waals surface area contributed by atoms with Gasteiger partial charge in [0.15, 0.2) is 0 Å². The van der Waals surface area contributed by atoms with Crippen molar-refractivity contribution in [2.24, 2.45) is 0 Å². The Kier molecular flexibility index (Phi) is 4.12. The van der Waals surface area contributed by atoms with Crippen LogP contribution in [0.3, 0.4) is 0 Å². The maximum absolute atomic E-state index is 12.8. The molecule has 3 rings (SSSR count). The van der Waals surface area contributed by atoms with E-state index in [1.54, 1.807) is 0 Å². The molecule has 3 nitrogen and oxygen atoms in total. The first kappa shape index (κ1) is 16.6. The van der Waals surface area contributed by atoms with Crippen LogP contribution in [0.5, 0.6) is 5.75 Å². The number of amides is 1. The Labute approximate surface area is 144 Å². The lowest BCUT2D eigenvalue weighted by Gasteiger charge is -2.38. The van der Waals surface area contributed by atoms with E-state index >= 15 is 0 Å². The van der Waals surface area contributed by atoms with E-state index in [1.807, 2.05) is 38.1 Å². The number of fused-ring (bicyclic) bond motifs is 1. The van der Waals surface area contributed by atoms with Crippen molar-refractivity contribution in [1.29, 1.82) is 0 Å². The molecule has 1 N–H and O–H groups in total. The normalized spacial score (nSPS) is 18.5. The van der Waals surface area contributed by atoms with E-state index < -0.39 is 0 Å². The molecule has 1 heterocycles. The van der Waals surface area contributed by atoms with Gasteiger partial charge in [-0.3, -0.25) is 4.79 Å². The smallest absolute Gasteiger partial charge is 0.252 e. The quantitative estimate of drug-likeness (QED) is 0.874. The average molecular weight is 323 g/mol. The van der Waals surface area contributed by atoms with Crippen LogP contribution >= 0.6 is 0 Å². The standard InChI is InChI=1S/C21H25NO2/c1-13-6-8-15(3)17(10-13)20(23)22-18-12-21(4,5)24-19-11-14(2)7-9-16(18)19/h6-11,18H,12H2,1-5H3,(H,22,23). The first-order valence-corrected chi connectivity index (χ1v) is 8.43. The number of carbonyl (C=O) groups is 1. The Morgan fingerprint density at radius 3 is 2.50 bits per heavy atom. The molecule has 24 heavy (non-hydrogen) atoms. The Morgan fingerprint density at radius 2 is 1.75 bits per heavy atom. The zero-order chi connectivity index (χ0) is 17.5. The summed E-state index contributed by atoms with van der Waals surface area (Å²) < 4.78 is 6.11. The number of hydrogen-bond donors (Lipinski definition) is 1. The van der Waals surface area contributed by atoms with Gasteiger partial charge < -0.3 is 10.1 Å². The van der Waals surface area contributed by atoms with Crippen molar-refractivity contribution in [3.8, 4) is 5.75 Å². The second-order valence-electron chi connectivity index (χ2n) is 7.45. The fourth-order valence-electron chi connectivity index (χ4n) is 3.30. The summed E-state index contributed by atoms with van der Waals surface area (Å²) in [6.07, 6.45) is 0.750. The number of ether oxygens (including phenoxy) is 1. The highest BCUT2D eigenvalue weighted by Gasteiger charge is 2.34. The van der Waals surface area contributed by atoms with E-state index in [4.69, 9.17) is 4.74 Å². The molecule has 0 fully saturated rings. The van der Waals surface area contributed by atoms with Crippen LogP contribution in [0.1, 0.15) is 58.9 Å². The number of rotatable bonds is 2. The van der Waals surface area contributed by atoms with Gasteiger partial charge in [0.2, 0.25) is 0 Å². The van der Waals surface area contributed by atoms with Crippen molar-refractivity contribution in [3.63, 3.8) is 0 Å². The minimum Gasteiger partial charge on any atom is -0.487 e. The highest BCUT2D eigenvalue weighted by atomic mass is 16.5. The molecule has 3 heteroatoms. The molecule has 0 radical (unpaired) electrons. The number of hydrogen-bond acceptors (Lipinski definition) is 2. The van der Waals surface area contributed by atoms with Gasteiger partial charge in [0, 0.05) is 17.5 Å². The monoisotopic (exact) mass is 323 g/mol. The largest absolute Gasteiger partial charge is 0.487 e. The summed E-state index contributed by atoms with van der Waals surface area (Å²) in [4.78, 5) is 12.8. The van der Waals surface area contributed by atoms with E-state index in [1.165, 1.54) is 0 Å². The van der Waals surface area contributed by atoms with Crippen molar-refractivity contribution in [3.05, 3.63) is 64.2 Å². The van der Waals surface area contributed by atoms with Gasteiger partial charge in [0.05, 0.1) is 6.04 Å². The van der Waals surface area contributed by atoms with Gasteiger partial charge in [0.1, 0.15) is 11.4 Å². The molecule has 126 valence electrons. The van der Waals surface area contributed by atoms with Gasteiger partial charge in [-0.1, -0.05) is 29.8 Å². The zero-order valence-electron chi connectivity index (χ0n) is 15.1. The lowest BCUT2D eigenvalue weighted by atomic mass is 9.89. The van der Waals surface area contributed by atoms with Crippen LogP contribution < -0.4 is 10.1 Å². The van der Waals surface area contributed by atoms with Gasteiger partial charge in [-0.05, 0) is 57.9 Å². The molecule has 2 aromatic rings. The lowest BCUT2D eigenvalue weighted by molar-refractivity contribution is 0.0619. The van der Waals surface area contributed by atoms with Gasteiger partial charge in [-0.25, -0.2) is 0 Å². The van der Waals surface area contributed by atoms with Crippen molar-refractivity contribution in [2.75, 3.05) is 0 Å². The first-order valence-electron chi connectivity index (χ1n) is 8.43. The maximum atomic E-state index is 12.8. The first-order chi connectivity index (χ1) is 11.2. The maximum Gasteiger partial charge on any atom is 0.252 e. The summed E-state index contributed by atoms with van der Waals surface area (Å²) >= 11 is 0. The third kappa shape index (κ3) is 3.30. The van der Waals surface area contributed by atoms with Crippen LogP contribution in [0, 0.1) is 20.8 Å². The second-order valence-corrected chi connectivity index (χ2v) is 7.45. The molecule has 0 saturated heterocycles. The zero-order valence-corrected chi connectivity index (χ0v) is 15.1. The summed E-state index contributed by atoms with van der Waals surface area (Å²) in [5, 5.41) is 3.22. The number of benzene rings is 2. The molecule has 1 amide bonds. The van der Waals surface area contributed by atoms with Crippen LogP contribution in [0.15, 0.2) is 36.4 Å². The molecule has 1 aliphatic heterocycles. The summed E-state index contributed by atoms with van der Waals surface area (Å²) in [7, 11) is 0. The number of carbonyl (C=O) groups excluding carboxylic acids is 1. The number of aryl methyl sites for hydroxylation is 3. The van der Waals surface area contributed by atoms with E-state index in [0.29, 0.717) is 0 Å². The van der Waals surface area contributed by atoms with E-state index in [0.717, 1.165) is 40.0 Å². The molecular formula is C21H25NO2. The second kappa shape index (κ2) is 5.97. The van der Waals surface area contributed by atoms with Gasteiger partial charge in [-0.15, -0.1) is 0 Å². The summed E-state index contributed by atoms with van der Waals surface area (Å²) in [5.74, 6) is 0.850. The summed E-state index contributed by atoms with van der Waals surface area (Å²) in [6, 6.07) is 12.1. The minimum absolute atomic E-state index is 0.0228. The van der Waals surface area contributed by atoms with Crippen LogP contribution in [-0.2, 0) is 0 Å². The van der Waals surface area contributed by atoms with E-state index in [-0.39, 0.29) is 17.6 Å². The topological polar surface area (TPSA) is 38.3 Å². The molecule has 0 saturated carbocycles. The number of nitrogens with one attached hydrogen (secondary N) is 1. The van der Waals surface area contributed by atoms with Crippen LogP contribution in [-0.4, -0.2) is 11.5 Å². The predicted molar refractivity (Wildman–Crippen MR) is 96.6 cm³/mol. The molecule has 1 unspecified atom stereocenters. The van der Waals surface area contributed by atoms with Gasteiger partial charge >= 0.3 is 0 Å². The van der Waals surface area contributed by atoms with Crippen LogP contribution in [0.2, 0.25) is 0 Å². The molecule has 0 aromatic heterocycles. The molecule has 2 aromatic carbocycles. The lowest BCUT2D eigenvalue weighted by Crippen LogP contribution is -2.41. The molecule has 1 aliphatic rings. The fraction of sp³-hybridized carbons (Fsp3) is 0.381. The fourth-order valence-corrected chi connectivity index (χ4v) is 3.30. The molecule has 0 aliphatic carbocycles. The Hall–Kier alpha value is -2.29. The summed E-state index contributed by atoms with van der Waals surface area (Å²) in [5.41, 5.74) is 4.74. The SMILES string of the molecule is Cc1ccc2c(c1)OC(C)(C)CC2NC(=O)c1cc(C)ccc1C. The summed E-state index contributed by atoms with van der Waals surface area (Å²) in [6.45, 7) is 10.2.